The number of benzene rings is 1. The number of aryl methyl sites for hydroxylation is 3. The van der Waals surface area contributed by atoms with Crippen molar-refractivity contribution in [3.63, 3.8) is 0 Å². The minimum absolute atomic E-state index is 0.118. The molecule has 15 heteroatoms. The average Bonchev–Trinajstić information content (AvgIpc) is 3.47. The standard InChI is InChI=1S/C29H29Cl2N7O6/c1-29(2,3)44-28(43)38-15(13-16-17(30)7-6-8-20(16)38)14-37-25(41)23-24(36(5)27(37)42)34-26(35(23)4)33-21-11-9-18(31)19(32-21)10-12-22(39)40/h6-9,11,13H,10,12,14H2,1-5H3,(H,39,40)(H,32,33,34). The van der Waals surface area contributed by atoms with E-state index in [2.05, 4.69) is 15.3 Å². The highest BCUT2D eigenvalue weighted by Gasteiger charge is 2.25. The Labute approximate surface area is 260 Å². The summed E-state index contributed by atoms with van der Waals surface area (Å²) < 4.78 is 10.7. The first-order valence-electron chi connectivity index (χ1n) is 13.5. The molecule has 0 aliphatic carbocycles. The van der Waals surface area contributed by atoms with Crippen LogP contribution in [0.5, 0.6) is 0 Å². The van der Waals surface area contributed by atoms with Gasteiger partial charge >= 0.3 is 17.8 Å². The number of carbonyl (C=O) groups excluding carboxylic acids is 1. The quantitative estimate of drug-likeness (QED) is 0.257. The Morgan fingerprint density at radius 2 is 1.75 bits per heavy atom. The number of aromatic nitrogens is 6. The van der Waals surface area contributed by atoms with E-state index >= 15 is 0 Å². The molecule has 0 atom stereocenters. The van der Waals surface area contributed by atoms with Crippen LogP contribution >= 0.6 is 23.2 Å². The molecule has 5 rings (SSSR count). The van der Waals surface area contributed by atoms with Crippen LogP contribution in [-0.2, 0) is 36.6 Å². The molecular formula is C29H29Cl2N7O6. The van der Waals surface area contributed by atoms with Crippen molar-refractivity contribution >= 4 is 69.1 Å². The van der Waals surface area contributed by atoms with E-state index < -0.39 is 28.9 Å². The van der Waals surface area contributed by atoms with Gasteiger partial charge in [-0.05, 0) is 51.1 Å². The third-order valence-corrected chi connectivity index (χ3v) is 7.53. The molecule has 0 unspecified atom stereocenters. The first-order chi connectivity index (χ1) is 20.7. The van der Waals surface area contributed by atoms with Gasteiger partial charge in [0.05, 0.1) is 34.9 Å². The number of hydrogen-bond donors (Lipinski definition) is 2. The fourth-order valence-corrected chi connectivity index (χ4v) is 5.24. The molecular weight excluding hydrogens is 613 g/mol. The Balaban J connectivity index is 1.59. The number of pyridine rings is 1. The number of carboxylic acid groups (broad SMARTS) is 1. The van der Waals surface area contributed by atoms with E-state index in [9.17, 15) is 19.2 Å². The summed E-state index contributed by atoms with van der Waals surface area (Å²) in [4.78, 5) is 60.6. The van der Waals surface area contributed by atoms with Gasteiger partial charge < -0.3 is 19.7 Å². The first kappa shape index (κ1) is 30.8. The summed E-state index contributed by atoms with van der Waals surface area (Å²) >= 11 is 12.6. The number of ether oxygens (including phenoxy) is 1. The third-order valence-electron chi connectivity index (χ3n) is 6.86. The zero-order valence-corrected chi connectivity index (χ0v) is 26.0. The Morgan fingerprint density at radius 3 is 2.43 bits per heavy atom. The SMILES string of the molecule is Cn1c(Nc2ccc(Cl)c(CCC(=O)O)n2)nc2c1c(=O)n(Cc1cc3c(Cl)cccc3n1C(=O)OC(C)(C)C)c(=O)n2C. The minimum atomic E-state index is -0.983. The fourth-order valence-electron chi connectivity index (χ4n) is 4.81. The van der Waals surface area contributed by atoms with Crippen LogP contribution in [0.15, 0.2) is 46.0 Å². The molecule has 0 saturated carbocycles. The first-order valence-corrected chi connectivity index (χ1v) is 14.2. The second-order valence-electron chi connectivity index (χ2n) is 11.2. The smallest absolute Gasteiger partial charge is 0.419 e. The van der Waals surface area contributed by atoms with Gasteiger partial charge in [0, 0.05) is 30.9 Å². The molecule has 0 saturated heterocycles. The Morgan fingerprint density at radius 1 is 1.02 bits per heavy atom. The fraction of sp³-hybridized carbons (Fsp3) is 0.310. The topological polar surface area (TPSA) is 155 Å². The van der Waals surface area contributed by atoms with E-state index in [0.29, 0.717) is 38.2 Å². The van der Waals surface area contributed by atoms with Gasteiger partial charge in [-0.3, -0.25) is 18.7 Å². The van der Waals surface area contributed by atoms with Crippen LogP contribution in [0.1, 0.15) is 38.6 Å². The highest BCUT2D eigenvalue weighted by atomic mass is 35.5. The zero-order chi connectivity index (χ0) is 32.1. The second kappa shape index (κ2) is 11.5. The van der Waals surface area contributed by atoms with Crippen molar-refractivity contribution in [3.8, 4) is 0 Å². The average molecular weight is 642 g/mol. The molecule has 4 aromatic heterocycles. The molecule has 2 N–H and O–H groups in total. The van der Waals surface area contributed by atoms with Crippen LogP contribution < -0.4 is 16.6 Å². The molecule has 0 spiro atoms. The van der Waals surface area contributed by atoms with E-state index in [-0.39, 0.29) is 36.5 Å². The number of aliphatic carboxylic acids is 1. The largest absolute Gasteiger partial charge is 0.481 e. The van der Waals surface area contributed by atoms with Crippen molar-refractivity contribution < 1.29 is 19.4 Å². The highest BCUT2D eigenvalue weighted by molar-refractivity contribution is 6.35. The molecule has 44 heavy (non-hydrogen) atoms. The maximum Gasteiger partial charge on any atom is 0.419 e. The van der Waals surface area contributed by atoms with Gasteiger partial charge in [-0.2, -0.15) is 4.98 Å². The lowest BCUT2D eigenvalue weighted by atomic mass is 10.2. The summed E-state index contributed by atoms with van der Waals surface area (Å²) in [5, 5.41) is 13.3. The predicted molar refractivity (Wildman–Crippen MR) is 166 cm³/mol. The lowest BCUT2D eigenvalue weighted by Gasteiger charge is -2.21. The van der Waals surface area contributed by atoms with Gasteiger partial charge in [0.2, 0.25) is 5.95 Å². The van der Waals surface area contributed by atoms with Gasteiger partial charge in [-0.25, -0.2) is 19.1 Å². The van der Waals surface area contributed by atoms with Crippen molar-refractivity contribution in [1.82, 2.24) is 28.2 Å². The van der Waals surface area contributed by atoms with E-state index in [1.165, 1.54) is 20.7 Å². The predicted octanol–water partition coefficient (Wildman–Crippen LogP) is 4.68. The van der Waals surface area contributed by atoms with E-state index in [0.717, 1.165) is 4.57 Å². The number of nitrogens with zero attached hydrogens (tertiary/aromatic N) is 6. The number of anilines is 2. The number of halogens is 2. The lowest BCUT2D eigenvalue weighted by Crippen LogP contribution is -2.40. The molecule has 5 aromatic rings. The molecule has 0 fully saturated rings. The molecule has 0 bridgehead atoms. The van der Waals surface area contributed by atoms with Gasteiger partial charge in [-0.1, -0.05) is 29.3 Å². The number of rotatable bonds is 7. The zero-order valence-electron chi connectivity index (χ0n) is 24.5. The lowest BCUT2D eigenvalue weighted by molar-refractivity contribution is -0.136. The van der Waals surface area contributed by atoms with Crippen molar-refractivity contribution in [2.75, 3.05) is 5.32 Å². The van der Waals surface area contributed by atoms with Crippen molar-refractivity contribution in [2.24, 2.45) is 14.1 Å². The van der Waals surface area contributed by atoms with E-state index in [4.69, 9.17) is 33.0 Å². The maximum absolute atomic E-state index is 13.9. The molecule has 0 aliphatic rings. The summed E-state index contributed by atoms with van der Waals surface area (Å²) in [6, 6.07) is 9.90. The summed E-state index contributed by atoms with van der Waals surface area (Å²) in [7, 11) is 3.09. The normalized spacial score (nSPS) is 11.8. The van der Waals surface area contributed by atoms with Crippen LogP contribution in [-0.4, -0.2) is 51.0 Å². The second-order valence-corrected chi connectivity index (χ2v) is 12.0. The molecule has 4 heterocycles. The maximum atomic E-state index is 13.9. The highest BCUT2D eigenvalue weighted by Crippen LogP contribution is 2.29. The Hall–Kier alpha value is -4.62. The molecule has 0 amide bonds. The molecule has 0 aliphatic heterocycles. The monoisotopic (exact) mass is 641 g/mol. The Bertz CT molecular complexity index is 2080. The molecule has 1 aromatic carbocycles. The molecule has 0 radical (unpaired) electrons. The summed E-state index contributed by atoms with van der Waals surface area (Å²) in [5.74, 6) is -0.459. The van der Waals surface area contributed by atoms with Crippen LogP contribution in [0.25, 0.3) is 22.1 Å². The third kappa shape index (κ3) is 5.80. The van der Waals surface area contributed by atoms with Crippen molar-refractivity contribution in [1.29, 1.82) is 0 Å². The summed E-state index contributed by atoms with van der Waals surface area (Å²) in [6.07, 6.45) is -0.708. The number of carbonyl (C=O) groups is 2. The van der Waals surface area contributed by atoms with Gasteiger partial charge in [0.15, 0.2) is 11.2 Å². The molecule has 230 valence electrons. The Kier molecular flexibility index (Phi) is 8.03. The number of fused-ring (bicyclic) bond motifs is 2. The number of hydrogen-bond acceptors (Lipinski definition) is 8. The van der Waals surface area contributed by atoms with Crippen molar-refractivity contribution in [2.45, 2.75) is 45.8 Å². The van der Waals surface area contributed by atoms with Gasteiger partial charge in [0.1, 0.15) is 11.4 Å². The van der Waals surface area contributed by atoms with Gasteiger partial charge in [0.25, 0.3) is 5.56 Å². The molecule has 13 nitrogen and oxygen atoms in total. The van der Waals surface area contributed by atoms with Gasteiger partial charge in [-0.15, -0.1) is 0 Å². The van der Waals surface area contributed by atoms with Crippen LogP contribution in [0, 0.1) is 0 Å². The van der Waals surface area contributed by atoms with Crippen LogP contribution in [0.2, 0.25) is 10.0 Å². The summed E-state index contributed by atoms with van der Waals surface area (Å²) in [5.41, 5.74) is -0.677. The van der Waals surface area contributed by atoms with Crippen molar-refractivity contribution in [3.05, 3.63) is 78.7 Å². The van der Waals surface area contributed by atoms with E-state index in [1.54, 1.807) is 64.2 Å². The number of carboxylic acids is 1. The van der Waals surface area contributed by atoms with Crippen LogP contribution in [0.3, 0.4) is 0 Å². The number of imidazole rings is 1. The minimum Gasteiger partial charge on any atom is -0.481 e. The number of nitrogens with one attached hydrogen (secondary N) is 1. The van der Waals surface area contributed by atoms with Crippen LogP contribution in [0.4, 0.5) is 16.6 Å². The summed E-state index contributed by atoms with van der Waals surface area (Å²) in [6.45, 7) is 4.96. The van der Waals surface area contributed by atoms with E-state index in [1.807, 2.05) is 0 Å².